The molecule has 116 valence electrons. The van der Waals surface area contributed by atoms with Gasteiger partial charge in [0.25, 0.3) is 0 Å². The number of nitrogens with zero attached hydrogens (tertiary/aromatic N) is 1. The number of aliphatic hydroxyl groups is 1. The first-order valence-corrected chi connectivity index (χ1v) is 7.51. The van der Waals surface area contributed by atoms with Gasteiger partial charge in [-0.05, 0) is 24.8 Å². The first-order chi connectivity index (χ1) is 10.3. The summed E-state index contributed by atoms with van der Waals surface area (Å²) in [4.78, 5) is 24.2. The molecule has 1 aromatic rings. The molecule has 5 heteroatoms. The minimum Gasteiger partial charge on any atom is -0.381 e. The standard InChI is InChI=1S/C16H23NO4/c1-2-11-20-21-16(19)15(13-7-4-3-5-8-13)14-9-6-10-17(14)12-18/h3-5,7-8,14-15,18H,2,6,9-12H2,1H3. The first-order valence-electron chi connectivity index (χ1n) is 7.51. The van der Waals surface area contributed by atoms with Crippen LogP contribution in [0, 0.1) is 0 Å². The Balaban J connectivity index is 2.16. The summed E-state index contributed by atoms with van der Waals surface area (Å²) in [5.41, 5.74) is 0.896. The molecule has 1 heterocycles. The molecule has 0 aliphatic carbocycles. The molecule has 0 bridgehead atoms. The molecule has 2 atom stereocenters. The third kappa shape index (κ3) is 4.03. The number of hydrogen-bond donors (Lipinski definition) is 1. The van der Waals surface area contributed by atoms with Crippen LogP contribution in [0.1, 0.15) is 37.7 Å². The molecule has 0 amide bonds. The van der Waals surface area contributed by atoms with E-state index in [9.17, 15) is 9.90 Å². The van der Waals surface area contributed by atoms with Crippen LogP contribution in [0.25, 0.3) is 0 Å². The fourth-order valence-electron chi connectivity index (χ4n) is 2.82. The molecule has 1 N–H and O–H groups in total. The van der Waals surface area contributed by atoms with E-state index < -0.39 is 5.92 Å². The molecule has 1 saturated heterocycles. The molecular weight excluding hydrogens is 270 g/mol. The van der Waals surface area contributed by atoms with Gasteiger partial charge in [0, 0.05) is 12.6 Å². The van der Waals surface area contributed by atoms with Crippen molar-refractivity contribution in [2.45, 2.75) is 38.1 Å². The number of rotatable bonds is 7. The van der Waals surface area contributed by atoms with Crippen molar-refractivity contribution < 1.29 is 19.7 Å². The van der Waals surface area contributed by atoms with Crippen LogP contribution in [0.3, 0.4) is 0 Å². The topological polar surface area (TPSA) is 59.0 Å². The molecule has 2 rings (SSSR count). The lowest BCUT2D eigenvalue weighted by molar-refractivity contribution is -0.274. The Labute approximate surface area is 125 Å². The molecule has 0 saturated carbocycles. The highest BCUT2D eigenvalue weighted by atomic mass is 17.2. The Kier molecular flexibility index (Phi) is 6.17. The van der Waals surface area contributed by atoms with Crippen molar-refractivity contribution in [1.29, 1.82) is 0 Å². The van der Waals surface area contributed by atoms with Crippen molar-refractivity contribution in [2.24, 2.45) is 0 Å². The Morgan fingerprint density at radius 2 is 2.19 bits per heavy atom. The van der Waals surface area contributed by atoms with Crippen LogP contribution < -0.4 is 0 Å². The summed E-state index contributed by atoms with van der Waals surface area (Å²) in [6.07, 6.45) is 2.62. The van der Waals surface area contributed by atoms with E-state index in [1.165, 1.54) is 0 Å². The van der Waals surface area contributed by atoms with Gasteiger partial charge in [-0.3, -0.25) is 9.79 Å². The fraction of sp³-hybridized carbons (Fsp3) is 0.562. The van der Waals surface area contributed by atoms with Crippen molar-refractivity contribution in [3.63, 3.8) is 0 Å². The van der Waals surface area contributed by atoms with Crippen LogP contribution in [0.15, 0.2) is 30.3 Å². The van der Waals surface area contributed by atoms with Crippen LogP contribution in [-0.4, -0.2) is 41.9 Å². The van der Waals surface area contributed by atoms with E-state index in [1.54, 1.807) is 0 Å². The van der Waals surface area contributed by atoms with Gasteiger partial charge in [-0.2, -0.15) is 4.89 Å². The van der Waals surface area contributed by atoms with Gasteiger partial charge in [-0.15, -0.1) is 0 Å². The Bertz CT molecular complexity index is 437. The summed E-state index contributed by atoms with van der Waals surface area (Å²) in [5, 5.41) is 9.47. The molecule has 2 unspecified atom stereocenters. The summed E-state index contributed by atoms with van der Waals surface area (Å²) >= 11 is 0. The second-order valence-electron chi connectivity index (χ2n) is 5.28. The number of benzene rings is 1. The second-order valence-corrected chi connectivity index (χ2v) is 5.28. The summed E-state index contributed by atoms with van der Waals surface area (Å²) in [6.45, 7) is 3.10. The average molecular weight is 293 g/mol. The Morgan fingerprint density at radius 3 is 2.86 bits per heavy atom. The predicted octanol–water partition coefficient (Wildman–Crippen LogP) is 2.07. The van der Waals surface area contributed by atoms with Crippen molar-refractivity contribution in [2.75, 3.05) is 19.9 Å². The molecule has 1 aromatic carbocycles. The van der Waals surface area contributed by atoms with Gasteiger partial charge in [-0.1, -0.05) is 37.3 Å². The summed E-state index contributed by atoms with van der Waals surface area (Å²) in [5.74, 6) is -0.822. The number of carbonyl (C=O) groups is 1. The first kappa shape index (κ1) is 15.9. The Hall–Kier alpha value is -1.43. The zero-order chi connectivity index (χ0) is 15.1. The summed E-state index contributed by atoms with van der Waals surface area (Å²) in [6, 6.07) is 9.51. The lowest BCUT2D eigenvalue weighted by Crippen LogP contribution is -2.39. The van der Waals surface area contributed by atoms with Crippen LogP contribution >= 0.6 is 0 Å². The maximum atomic E-state index is 12.4. The zero-order valence-corrected chi connectivity index (χ0v) is 12.4. The van der Waals surface area contributed by atoms with E-state index >= 15 is 0 Å². The zero-order valence-electron chi connectivity index (χ0n) is 12.4. The number of hydrogen-bond acceptors (Lipinski definition) is 5. The van der Waals surface area contributed by atoms with Gasteiger partial charge in [-0.25, -0.2) is 4.79 Å². The molecule has 21 heavy (non-hydrogen) atoms. The van der Waals surface area contributed by atoms with Crippen LogP contribution in [0.5, 0.6) is 0 Å². The fourth-order valence-corrected chi connectivity index (χ4v) is 2.82. The normalized spacial score (nSPS) is 20.4. The molecule has 0 spiro atoms. The molecule has 1 aliphatic rings. The van der Waals surface area contributed by atoms with Crippen LogP contribution in [0.2, 0.25) is 0 Å². The third-order valence-corrected chi connectivity index (χ3v) is 3.82. The molecule has 5 nitrogen and oxygen atoms in total. The summed E-state index contributed by atoms with van der Waals surface area (Å²) in [7, 11) is 0. The van der Waals surface area contributed by atoms with Crippen molar-refractivity contribution in [3.05, 3.63) is 35.9 Å². The highest BCUT2D eigenvalue weighted by Gasteiger charge is 2.38. The quantitative estimate of drug-likeness (QED) is 0.474. The highest BCUT2D eigenvalue weighted by molar-refractivity contribution is 5.78. The maximum absolute atomic E-state index is 12.4. The van der Waals surface area contributed by atoms with Gasteiger partial charge in [0.15, 0.2) is 0 Å². The SMILES string of the molecule is CCCOOC(=O)C(c1ccccc1)C1CCCN1CO. The van der Waals surface area contributed by atoms with E-state index in [-0.39, 0.29) is 18.7 Å². The highest BCUT2D eigenvalue weighted by Crippen LogP contribution is 2.32. The molecule has 0 aromatic heterocycles. The molecule has 1 aliphatic heterocycles. The lowest BCUT2D eigenvalue weighted by atomic mass is 9.90. The van der Waals surface area contributed by atoms with E-state index in [4.69, 9.17) is 9.78 Å². The van der Waals surface area contributed by atoms with Gasteiger partial charge in [0.1, 0.15) is 5.92 Å². The van der Waals surface area contributed by atoms with Crippen molar-refractivity contribution >= 4 is 5.97 Å². The van der Waals surface area contributed by atoms with Crippen LogP contribution in [-0.2, 0) is 14.6 Å². The third-order valence-electron chi connectivity index (χ3n) is 3.82. The lowest BCUT2D eigenvalue weighted by Gasteiger charge is -2.28. The van der Waals surface area contributed by atoms with E-state index in [0.29, 0.717) is 6.61 Å². The predicted molar refractivity (Wildman–Crippen MR) is 78.3 cm³/mol. The van der Waals surface area contributed by atoms with E-state index in [2.05, 4.69) is 0 Å². The minimum absolute atomic E-state index is 0.0445. The average Bonchev–Trinajstić information content (AvgIpc) is 2.97. The van der Waals surface area contributed by atoms with Gasteiger partial charge >= 0.3 is 5.97 Å². The van der Waals surface area contributed by atoms with Crippen LogP contribution in [0.4, 0.5) is 0 Å². The molecule has 1 fully saturated rings. The summed E-state index contributed by atoms with van der Waals surface area (Å²) < 4.78 is 0. The largest absolute Gasteiger partial charge is 0.381 e. The maximum Gasteiger partial charge on any atom is 0.351 e. The monoisotopic (exact) mass is 293 g/mol. The molecular formula is C16H23NO4. The minimum atomic E-state index is -0.433. The van der Waals surface area contributed by atoms with Gasteiger partial charge in [0.05, 0.1) is 13.3 Å². The van der Waals surface area contributed by atoms with E-state index in [0.717, 1.165) is 31.4 Å². The van der Waals surface area contributed by atoms with Gasteiger partial charge in [0.2, 0.25) is 0 Å². The number of carbonyl (C=O) groups excluding carboxylic acids is 1. The Morgan fingerprint density at radius 1 is 1.43 bits per heavy atom. The second kappa shape index (κ2) is 8.12. The van der Waals surface area contributed by atoms with E-state index in [1.807, 2.05) is 42.2 Å². The van der Waals surface area contributed by atoms with Crippen molar-refractivity contribution in [3.8, 4) is 0 Å². The van der Waals surface area contributed by atoms with Crippen molar-refractivity contribution in [1.82, 2.24) is 4.90 Å². The number of likely N-dealkylation sites (tertiary alicyclic amines) is 1. The van der Waals surface area contributed by atoms with Gasteiger partial charge < -0.3 is 5.11 Å². The molecule has 0 radical (unpaired) electrons. The number of aliphatic hydroxyl groups excluding tert-OH is 1. The smallest absolute Gasteiger partial charge is 0.351 e.